The minimum Gasteiger partial charge on any atom is -0.476 e. The zero-order valence-corrected chi connectivity index (χ0v) is 12.4. The van der Waals surface area contributed by atoms with Gasteiger partial charge in [-0.1, -0.05) is 51.5 Å². The molecule has 1 aromatic heterocycles. The van der Waals surface area contributed by atoms with E-state index >= 15 is 0 Å². The van der Waals surface area contributed by atoms with Gasteiger partial charge in [0, 0.05) is 4.47 Å². The van der Waals surface area contributed by atoms with Crippen molar-refractivity contribution < 1.29 is 9.90 Å². The summed E-state index contributed by atoms with van der Waals surface area (Å²) in [6, 6.07) is 15.4. The topological polar surface area (TPSA) is 68.0 Å². The number of carboxylic acids is 1. The number of carboxylic acid groups (broad SMARTS) is 1. The zero-order chi connectivity index (χ0) is 14.8. The third kappa shape index (κ3) is 2.57. The average molecular weight is 344 g/mol. The lowest BCUT2D eigenvalue weighted by atomic mass is 10.1. The molecule has 0 spiro atoms. The van der Waals surface area contributed by atoms with Crippen molar-refractivity contribution >= 4 is 21.9 Å². The van der Waals surface area contributed by atoms with Gasteiger partial charge in [0.15, 0.2) is 5.69 Å². The maximum Gasteiger partial charge on any atom is 0.356 e. The van der Waals surface area contributed by atoms with Crippen LogP contribution >= 0.6 is 15.9 Å². The number of benzene rings is 2. The molecule has 0 atom stereocenters. The number of hydrogen-bond donors (Lipinski definition) is 1. The van der Waals surface area contributed by atoms with Crippen LogP contribution in [0.4, 0.5) is 0 Å². The number of nitrogens with zero attached hydrogens (tertiary/aromatic N) is 3. The van der Waals surface area contributed by atoms with E-state index in [9.17, 15) is 4.79 Å². The highest BCUT2D eigenvalue weighted by Gasteiger charge is 2.13. The van der Waals surface area contributed by atoms with Crippen LogP contribution in [0.2, 0.25) is 0 Å². The predicted molar refractivity (Wildman–Crippen MR) is 81.5 cm³/mol. The molecule has 0 unspecified atom stereocenters. The maximum absolute atomic E-state index is 11.1. The van der Waals surface area contributed by atoms with Gasteiger partial charge >= 0.3 is 5.97 Å². The first-order valence-electron chi connectivity index (χ1n) is 6.16. The van der Waals surface area contributed by atoms with Crippen LogP contribution in [0.25, 0.3) is 16.8 Å². The Morgan fingerprint density at radius 3 is 2.48 bits per heavy atom. The third-order valence-electron chi connectivity index (χ3n) is 3.07. The van der Waals surface area contributed by atoms with Crippen LogP contribution in [-0.4, -0.2) is 26.1 Å². The van der Waals surface area contributed by atoms with Gasteiger partial charge in [0.2, 0.25) is 0 Å². The second-order valence-corrected chi connectivity index (χ2v) is 5.22. The van der Waals surface area contributed by atoms with E-state index in [2.05, 4.69) is 26.2 Å². The second kappa shape index (κ2) is 5.49. The summed E-state index contributed by atoms with van der Waals surface area (Å²) in [5.74, 6) is -1.06. The fourth-order valence-electron chi connectivity index (χ4n) is 2.05. The van der Waals surface area contributed by atoms with Crippen molar-refractivity contribution in [3.8, 4) is 16.8 Å². The molecule has 1 heterocycles. The molecule has 1 N–H and O–H groups in total. The maximum atomic E-state index is 11.1. The van der Waals surface area contributed by atoms with Crippen molar-refractivity contribution in [3.05, 3.63) is 64.9 Å². The van der Waals surface area contributed by atoms with Crippen molar-refractivity contribution in [3.63, 3.8) is 0 Å². The molecule has 0 bridgehead atoms. The summed E-state index contributed by atoms with van der Waals surface area (Å²) in [5.41, 5.74) is 2.79. The Morgan fingerprint density at radius 2 is 1.81 bits per heavy atom. The Hall–Kier alpha value is -2.47. The van der Waals surface area contributed by atoms with Crippen molar-refractivity contribution in [2.45, 2.75) is 0 Å². The van der Waals surface area contributed by atoms with Gasteiger partial charge in [-0.3, -0.25) is 0 Å². The van der Waals surface area contributed by atoms with Crippen LogP contribution in [0.3, 0.4) is 0 Å². The molecule has 104 valence electrons. The second-order valence-electron chi connectivity index (χ2n) is 4.36. The van der Waals surface area contributed by atoms with Crippen LogP contribution in [0.15, 0.2) is 59.2 Å². The Morgan fingerprint density at radius 1 is 1.10 bits per heavy atom. The molecule has 0 aliphatic heterocycles. The fourth-order valence-corrected chi connectivity index (χ4v) is 2.56. The molecular weight excluding hydrogens is 334 g/mol. The van der Waals surface area contributed by atoms with Crippen LogP contribution in [-0.2, 0) is 0 Å². The number of aromatic nitrogens is 3. The number of halogens is 1. The summed E-state index contributed by atoms with van der Waals surface area (Å²) in [7, 11) is 0. The van der Waals surface area contributed by atoms with Crippen LogP contribution in [0.5, 0.6) is 0 Å². The lowest BCUT2D eigenvalue weighted by molar-refractivity contribution is 0.0687. The molecule has 0 aliphatic carbocycles. The minimum absolute atomic E-state index is 0.0311. The lowest BCUT2D eigenvalue weighted by Crippen LogP contribution is -2.07. The van der Waals surface area contributed by atoms with Gasteiger partial charge in [-0.25, -0.2) is 9.48 Å². The average Bonchev–Trinajstić information content (AvgIpc) is 2.98. The van der Waals surface area contributed by atoms with Crippen molar-refractivity contribution in [2.24, 2.45) is 0 Å². The van der Waals surface area contributed by atoms with E-state index in [0.29, 0.717) is 5.69 Å². The molecule has 3 rings (SSSR count). The number of aromatic carboxylic acids is 1. The number of rotatable bonds is 3. The Kier molecular flexibility index (Phi) is 3.53. The van der Waals surface area contributed by atoms with Crippen LogP contribution in [0, 0.1) is 0 Å². The molecule has 0 aliphatic rings. The Bertz CT molecular complexity index is 797. The SMILES string of the molecule is O=C(O)c1cnnn1-c1ccc(-c2ccccc2Br)cc1. The predicted octanol–water partition coefficient (Wildman–Crippen LogP) is 3.40. The highest BCUT2D eigenvalue weighted by molar-refractivity contribution is 9.10. The monoisotopic (exact) mass is 343 g/mol. The third-order valence-corrected chi connectivity index (χ3v) is 3.76. The van der Waals surface area contributed by atoms with Gasteiger partial charge in [0.1, 0.15) is 0 Å². The van der Waals surface area contributed by atoms with E-state index in [4.69, 9.17) is 5.11 Å². The van der Waals surface area contributed by atoms with Gasteiger partial charge < -0.3 is 5.11 Å². The van der Waals surface area contributed by atoms with Gasteiger partial charge in [-0.05, 0) is 29.3 Å². The zero-order valence-electron chi connectivity index (χ0n) is 10.8. The lowest BCUT2D eigenvalue weighted by Gasteiger charge is -2.07. The molecule has 21 heavy (non-hydrogen) atoms. The first-order chi connectivity index (χ1) is 10.2. The molecule has 0 fully saturated rings. The Balaban J connectivity index is 2.00. The first kappa shape index (κ1) is 13.5. The fraction of sp³-hybridized carbons (Fsp3) is 0. The van der Waals surface area contributed by atoms with E-state index < -0.39 is 5.97 Å². The largest absolute Gasteiger partial charge is 0.476 e. The summed E-state index contributed by atoms with van der Waals surface area (Å²) >= 11 is 3.52. The molecule has 6 heteroatoms. The summed E-state index contributed by atoms with van der Waals surface area (Å²) in [6.45, 7) is 0. The van der Waals surface area contributed by atoms with Gasteiger partial charge in [-0.2, -0.15) is 0 Å². The van der Waals surface area contributed by atoms with E-state index in [0.717, 1.165) is 15.6 Å². The highest BCUT2D eigenvalue weighted by Crippen LogP contribution is 2.28. The van der Waals surface area contributed by atoms with Gasteiger partial charge in [0.25, 0.3) is 0 Å². The van der Waals surface area contributed by atoms with E-state index in [-0.39, 0.29) is 5.69 Å². The molecule has 0 saturated carbocycles. The quantitative estimate of drug-likeness (QED) is 0.791. The first-order valence-corrected chi connectivity index (χ1v) is 6.95. The van der Waals surface area contributed by atoms with E-state index in [1.165, 1.54) is 10.9 Å². The van der Waals surface area contributed by atoms with Crippen LogP contribution < -0.4 is 0 Å². The van der Waals surface area contributed by atoms with Crippen molar-refractivity contribution in [1.82, 2.24) is 15.0 Å². The summed E-state index contributed by atoms with van der Waals surface area (Å²) in [5, 5.41) is 16.5. The Labute approximate surface area is 129 Å². The molecule has 2 aromatic carbocycles. The van der Waals surface area contributed by atoms with E-state index in [1.54, 1.807) is 0 Å². The molecule has 0 amide bonds. The van der Waals surface area contributed by atoms with Gasteiger partial charge in [0.05, 0.1) is 11.9 Å². The molecule has 5 nitrogen and oxygen atoms in total. The molecule has 0 radical (unpaired) electrons. The van der Waals surface area contributed by atoms with Crippen molar-refractivity contribution in [1.29, 1.82) is 0 Å². The summed E-state index contributed by atoms with van der Waals surface area (Å²) < 4.78 is 2.30. The molecular formula is C15H10BrN3O2. The summed E-state index contributed by atoms with van der Waals surface area (Å²) in [4.78, 5) is 11.1. The summed E-state index contributed by atoms with van der Waals surface area (Å²) in [6.07, 6.45) is 1.23. The number of hydrogen-bond acceptors (Lipinski definition) is 3. The minimum atomic E-state index is -1.06. The standard InChI is InChI=1S/C15H10BrN3O2/c16-13-4-2-1-3-12(13)10-5-7-11(8-6-10)19-14(15(20)21)9-17-18-19/h1-9H,(H,20,21). The number of carbonyl (C=O) groups is 1. The normalized spacial score (nSPS) is 10.5. The molecule has 0 saturated heterocycles. The van der Waals surface area contributed by atoms with E-state index in [1.807, 2.05) is 48.5 Å². The highest BCUT2D eigenvalue weighted by atomic mass is 79.9. The molecule has 3 aromatic rings. The van der Waals surface area contributed by atoms with Crippen LogP contribution in [0.1, 0.15) is 10.5 Å². The smallest absolute Gasteiger partial charge is 0.356 e. The van der Waals surface area contributed by atoms with Crippen molar-refractivity contribution in [2.75, 3.05) is 0 Å². The van der Waals surface area contributed by atoms with Gasteiger partial charge in [-0.15, -0.1) is 5.10 Å².